The molecular weight excluding hydrogens is 393 g/mol. The van der Waals surface area contributed by atoms with Crippen LogP contribution in [0.25, 0.3) is 22.7 Å². The summed E-state index contributed by atoms with van der Waals surface area (Å²) in [4.78, 5) is 24.2. The molecule has 1 aromatic carbocycles. The molecule has 0 saturated heterocycles. The minimum Gasteiger partial charge on any atom is -0.479 e. The van der Waals surface area contributed by atoms with Crippen molar-refractivity contribution in [2.24, 2.45) is 0 Å². The first kappa shape index (κ1) is 17.4. The number of methoxy groups -OCH3 is 1. The quantitative estimate of drug-likeness (QED) is 0.482. The van der Waals surface area contributed by atoms with Crippen molar-refractivity contribution in [3.8, 4) is 17.5 Å². The number of hydrogen-bond acceptors (Lipinski definition) is 7. The van der Waals surface area contributed by atoms with E-state index in [1.165, 1.54) is 7.11 Å². The third-order valence-corrected chi connectivity index (χ3v) is 4.67. The Morgan fingerprint density at radius 2 is 2.04 bits per heavy atom. The van der Waals surface area contributed by atoms with E-state index < -0.39 is 0 Å². The molecule has 0 spiro atoms. The van der Waals surface area contributed by atoms with Crippen molar-refractivity contribution in [2.45, 2.75) is 6.92 Å². The summed E-state index contributed by atoms with van der Waals surface area (Å²) in [5, 5.41) is 8.79. The van der Waals surface area contributed by atoms with E-state index in [9.17, 15) is 4.79 Å². The summed E-state index contributed by atoms with van der Waals surface area (Å²) in [5.74, 6) is 1.06. The number of hydrogen-bond donors (Lipinski definition) is 0. The van der Waals surface area contributed by atoms with Crippen LogP contribution in [-0.4, -0.2) is 47.7 Å². The van der Waals surface area contributed by atoms with Crippen molar-refractivity contribution >= 4 is 40.5 Å². The number of imidazole rings is 1. The van der Waals surface area contributed by atoms with Crippen molar-refractivity contribution in [1.82, 2.24) is 34.3 Å². The number of ether oxygens (including phenoxy) is 1. The lowest BCUT2D eigenvalue weighted by molar-refractivity contribution is 0.111. The van der Waals surface area contributed by atoms with E-state index in [0.29, 0.717) is 34.8 Å². The molecule has 9 nitrogen and oxygen atoms in total. The third kappa shape index (κ3) is 2.71. The molecule has 0 atom stereocenters. The predicted molar refractivity (Wildman–Crippen MR) is 98.3 cm³/mol. The van der Waals surface area contributed by atoms with Gasteiger partial charge in [0.25, 0.3) is 0 Å². The standard InChI is InChI=1S/C16H11Cl2N7O2/c1-8-22-23-16(24-4-3-19-7-24)25(8)14-12(18)9(17)5-10-13(14)20-11(6-26)15(21-10)27-2/h3-7H,1-2H3. The number of benzene rings is 1. The van der Waals surface area contributed by atoms with Crippen LogP contribution in [0, 0.1) is 6.92 Å². The molecule has 0 fully saturated rings. The maximum absolute atomic E-state index is 11.4. The predicted octanol–water partition coefficient (Wildman–Crippen LogP) is 2.83. The van der Waals surface area contributed by atoms with Gasteiger partial charge in [-0.2, -0.15) is 0 Å². The van der Waals surface area contributed by atoms with Gasteiger partial charge in [-0.1, -0.05) is 23.2 Å². The molecule has 0 N–H and O–H groups in total. The molecule has 11 heteroatoms. The Bertz CT molecular complexity index is 1170. The molecule has 4 rings (SSSR count). The Kier molecular flexibility index (Phi) is 4.25. The largest absolute Gasteiger partial charge is 0.479 e. The van der Waals surface area contributed by atoms with Crippen LogP contribution in [0.2, 0.25) is 10.0 Å². The van der Waals surface area contributed by atoms with Crippen LogP contribution in [0.1, 0.15) is 16.3 Å². The number of aldehydes is 1. The van der Waals surface area contributed by atoms with Crippen LogP contribution in [0.5, 0.6) is 5.88 Å². The zero-order chi connectivity index (χ0) is 19.1. The van der Waals surface area contributed by atoms with Crippen molar-refractivity contribution < 1.29 is 9.53 Å². The lowest BCUT2D eigenvalue weighted by Gasteiger charge is -2.15. The Morgan fingerprint density at radius 1 is 1.22 bits per heavy atom. The molecule has 3 heterocycles. The van der Waals surface area contributed by atoms with Gasteiger partial charge in [0.05, 0.1) is 28.4 Å². The fraction of sp³-hybridized carbons (Fsp3) is 0.125. The first-order valence-electron chi connectivity index (χ1n) is 7.64. The summed E-state index contributed by atoms with van der Waals surface area (Å²) in [6.07, 6.45) is 5.47. The fourth-order valence-corrected chi connectivity index (χ4v) is 3.13. The minimum atomic E-state index is 0.0412. The summed E-state index contributed by atoms with van der Waals surface area (Å²) in [7, 11) is 1.41. The normalized spacial score (nSPS) is 11.1. The van der Waals surface area contributed by atoms with Gasteiger partial charge in [-0.3, -0.25) is 13.9 Å². The zero-order valence-corrected chi connectivity index (χ0v) is 15.6. The van der Waals surface area contributed by atoms with Crippen molar-refractivity contribution in [3.63, 3.8) is 0 Å². The molecule has 0 aliphatic heterocycles. The summed E-state index contributed by atoms with van der Waals surface area (Å²) in [5.41, 5.74) is 1.21. The summed E-state index contributed by atoms with van der Waals surface area (Å²) in [6.45, 7) is 1.76. The van der Waals surface area contributed by atoms with Crippen molar-refractivity contribution in [2.75, 3.05) is 7.11 Å². The van der Waals surface area contributed by atoms with Crippen LogP contribution in [-0.2, 0) is 0 Å². The summed E-state index contributed by atoms with van der Waals surface area (Å²) >= 11 is 12.8. The number of aryl methyl sites for hydroxylation is 1. The number of rotatable bonds is 4. The van der Waals surface area contributed by atoms with Gasteiger partial charge in [-0.25, -0.2) is 15.0 Å². The number of aromatic nitrogens is 7. The average molecular weight is 404 g/mol. The van der Waals surface area contributed by atoms with E-state index >= 15 is 0 Å². The Labute approximate surface area is 162 Å². The van der Waals surface area contributed by atoms with Gasteiger partial charge in [-0.05, 0) is 13.0 Å². The number of halogens is 2. The molecule has 136 valence electrons. The Morgan fingerprint density at radius 3 is 2.70 bits per heavy atom. The molecule has 0 aliphatic carbocycles. The average Bonchev–Trinajstić information content (AvgIpc) is 3.32. The lowest BCUT2D eigenvalue weighted by atomic mass is 10.2. The Hall–Kier alpha value is -3.04. The van der Waals surface area contributed by atoms with Gasteiger partial charge >= 0.3 is 0 Å². The second-order valence-corrected chi connectivity index (χ2v) is 6.26. The first-order valence-corrected chi connectivity index (χ1v) is 8.40. The van der Waals surface area contributed by atoms with Gasteiger partial charge < -0.3 is 4.74 Å². The summed E-state index contributed by atoms with van der Waals surface area (Å²) < 4.78 is 8.47. The Balaban J connectivity index is 2.13. The highest BCUT2D eigenvalue weighted by molar-refractivity contribution is 6.44. The molecule has 0 aliphatic rings. The van der Waals surface area contributed by atoms with Gasteiger partial charge in [0.15, 0.2) is 12.0 Å². The molecule has 4 aromatic rings. The highest BCUT2D eigenvalue weighted by atomic mass is 35.5. The van der Waals surface area contributed by atoms with Gasteiger partial charge in [0.1, 0.15) is 17.7 Å². The second-order valence-electron chi connectivity index (χ2n) is 5.48. The molecule has 0 bridgehead atoms. The van der Waals surface area contributed by atoms with E-state index in [1.54, 1.807) is 40.8 Å². The van der Waals surface area contributed by atoms with Crippen LogP contribution < -0.4 is 4.74 Å². The van der Waals surface area contributed by atoms with Crippen LogP contribution in [0.15, 0.2) is 24.8 Å². The molecular formula is C16H11Cl2N7O2. The van der Waals surface area contributed by atoms with E-state index in [1.807, 2.05) is 0 Å². The van der Waals surface area contributed by atoms with Crippen LogP contribution in [0.3, 0.4) is 0 Å². The van der Waals surface area contributed by atoms with Gasteiger partial charge in [0.2, 0.25) is 11.8 Å². The molecule has 3 aromatic heterocycles. The zero-order valence-electron chi connectivity index (χ0n) is 14.1. The SMILES string of the molecule is COc1nc2cc(Cl)c(Cl)c(-n3c(C)nnc3-n3ccnc3)c2nc1C=O. The highest BCUT2D eigenvalue weighted by Gasteiger charge is 2.23. The smallest absolute Gasteiger partial charge is 0.243 e. The second kappa shape index (κ2) is 6.60. The van der Waals surface area contributed by atoms with Gasteiger partial charge in [0, 0.05) is 12.4 Å². The molecule has 0 saturated carbocycles. The van der Waals surface area contributed by atoms with Crippen LogP contribution >= 0.6 is 23.2 Å². The summed E-state index contributed by atoms with van der Waals surface area (Å²) in [6, 6.07) is 1.56. The first-order chi connectivity index (χ1) is 13.0. The number of fused-ring (bicyclic) bond motifs is 1. The molecule has 27 heavy (non-hydrogen) atoms. The lowest BCUT2D eigenvalue weighted by Crippen LogP contribution is -2.09. The minimum absolute atomic E-state index is 0.0412. The maximum atomic E-state index is 11.4. The number of nitrogens with zero attached hydrogens (tertiary/aromatic N) is 7. The van der Waals surface area contributed by atoms with E-state index in [4.69, 9.17) is 27.9 Å². The fourth-order valence-electron chi connectivity index (χ4n) is 2.71. The van der Waals surface area contributed by atoms with E-state index in [2.05, 4.69) is 25.1 Å². The topological polar surface area (TPSA) is 101 Å². The van der Waals surface area contributed by atoms with Crippen LogP contribution in [0.4, 0.5) is 0 Å². The maximum Gasteiger partial charge on any atom is 0.243 e. The molecule has 0 radical (unpaired) electrons. The van der Waals surface area contributed by atoms with E-state index in [0.717, 1.165) is 0 Å². The highest BCUT2D eigenvalue weighted by Crippen LogP contribution is 2.37. The van der Waals surface area contributed by atoms with Crippen molar-refractivity contribution in [3.05, 3.63) is 46.4 Å². The third-order valence-electron chi connectivity index (χ3n) is 3.89. The molecule has 0 amide bonds. The van der Waals surface area contributed by atoms with E-state index in [-0.39, 0.29) is 21.6 Å². The number of carbonyl (C=O) groups excluding carboxylic acids is 1. The van der Waals surface area contributed by atoms with Gasteiger partial charge in [-0.15, -0.1) is 10.2 Å². The molecule has 0 unspecified atom stereocenters. The number of carbonyl (C=O) groups is 1. The van der Waals surface area contributed by atoms with Crippen molar-refractivity contribution in [1.29, 1.82) is 0 Å². The monoisotopic (exact) mass is 403 g/mol.